The predicted molar refractivity (Wildman–Crippen MR) is 71.5 cm³/mol. The number of rotatable bonds is 3. The van der Waals surface area contributed by atoms with Crippen molar-refractivity contribution in [2.75, 3.05) is 7.05 Å². The van der Waals surface area contributed by atoms with Gasteiger partial charge in [-0.05, 0) is 40.7 Å². The van der Waals surface area contributed by atoms with E-state index in [1.54, 1.807) is 6.26 Å². The van der Waals surface area contributed by atoms with Crippen LogP contribution in [0.15, 0.2) is 50.0 Å². The molecule has 1 aromatic heterocycles. The zero-order valence-corrected chi connectivity index (χ0v) is 11.9. The van der Waals surface area contributed by atoms with Crippen molar-refractivity contribution >= 4 is 31.9 Å². The summed E-state index contributed by atoms with van der Waals surface area (Å²) in [5.41, 5.74) is 1.15. The quantitative estimate of drug-likeness (QED) is 0.906. The Kier molecular flexibility index (Phi) is 3.84. The van der Waals surface area contributed by atoms with Crippen molar-refractivity contribution in [1.82, 2.24) is 5.32 Å². The molecule has 0 fully saturated rings. The van der Waals surface area contributed by atoms with Crippen LogP contribution in [0.4, 0.5) is 0 Å². The first-order chi connectivity index (χ1) is 7.74. The van der Waals surface area contributed by atoms with Gasteiger partial charge >= 0.3 is 0 Å². The fourth-order valence-corrected chi connectivity index (χ4v) is 2.59. The molecule has 2 rings (SSSR count). The molecule has 1 N–H and O–H groups in total. The van der Waals surface area contributed by atoms with Gasteiger partial charge in [-0.25, -0.2) is 0 Å². The van der Waals surface area contributed by atoms with E-state index in [9.17, 15) is 0 Å². The third-order valence-electron chi connectivity index (χ3n) is 2.41. The molecule has 1 aromatic carbocycles. The molecule has 0 bridgehead atoms. The maximum Gasteiger partial charge on any atom is 0.139 e. The van der Waals surface area contributed by atoms with Crippen molar-refractivity contribution in [2.45, 2.75) is 6.04 Å². The molecule has 0 saturated heterocycles. The SMILES string of the molecule is CNC(c1ccccc1Br)c1occc1Br. The molecule has 1 atom stereocenters. The van der Waals surface area contributed by atoms with Gasteiger partial charge in [0, 0.05) is 4.47 Å². The molecule has 0 aliphatic rings. The smallest absolute Gasteiger partial charge is 0.139 e. The Labute approximate surface area is 111 Å². The molecule has 0 radical (unpaired) electrons. The van der Waals surface area contributed by atoms with Crippen LogP contribution in [0.5, 0.6) is 0 Å². The minimum Gasteiger partial charge on any atom is -0.466 e. The number of halogens is 2. The average molecular weight is 345 g/mol. The second-order valence-corrected chi connectivity index (χ2v) is 5.08. The highest BCUT2D eigenvalue weighted by Gasteiger charge is 2.19. The van der Waals surface area contributed by atoms with E-state index >= 15 is 0 Å². The minimum atomic E-state index is 0.0416. The summed E-state index contributed by atoms with van der Waals surface area (Å²) in [6, 6.07) is 10.0. The van der Waals surface area contributed by atoms with Crippen molar-refractivity contribution in [3.63, 3.8) is 0 Å². The molecular formula is C12H11Br2NO. The lowest BCUT2D eigenvalue weighted by Crippen LogP contribution is -2.17. The molecule has 0 aliphatic carbocycles. The largest absolute Gasteiger partial charge is 0.466 e. The van der Waals surface area contributed by atoms with E-state index in [0.29, 0.717) is 0 Å². The molecule has 0 spiro atoms. The van der Waals surface area contributed by atoms with Crippen LogP contribution in [0, 0.1) is 0 Å². The Balaban J connectivity index is 2.45. The van der Waals surface area contributed by atoms with Crippen molar-refractivity contribution in [1.29, 1.82) is 0 Å². The van der Waals surface area contributed by atoms with E-state index in [-0.39, 0.29) is 6.04 Å². The molecule has 1 heterocycles. The van der Waals surface area contributed by atoms with E-state index in [1.165, 1.54) is 0 Å². The van der Waals surface area contributed by atoms with Gasteiger partial charge in [0.1, 0.15) is 5.76 Å². The van der Waals surface area contributed by atoms with Gasteiger partial charge < -0.3 is 9.73 Å². The molecule has 84 valence electrons. The van der Waals surface area contributed by atoms with Gasteiger partial charge in [0.25, 0.3) is 0 Å². The van der Waals surface area contributed by atoms with Gasteiger partial charge in [0.15, 0.2) is 0 Å². The number of benzene rings is 1. The van der Waals surface area contributed by atoms with Crippen molar-refractivity contribution in [2.24, 2.45) is 0 Å². The van der Waals surface area contributed by atoms with Gasteiger partial charge in [0.2, 0.25) is 0 Å². The maximum absolute atomic E-state index is 5.50. The van der Waals surface area contributed by atoms with E-state index in [4.69, 9.17) is 4.42 Å². The van der Waals surface area contributed by atoms with Gasteiger partial charge in [-0.1, -0.05) is 34.1 Å². The highest BCUT2D eigenvalue weighted by Crippen LogP contribution is 2.32. The second-order valence-electron chi connectivity index (χ2n) is 3.38. The zero-order valence-electron chi connectivity index (χ0n) is 8.71. The van der Waals surface area contributed by atoms with Crippen LogP contribution in [0.1, 0.15) is 17.4 Å². The highest BCUT2D eigenvalue weighted by atomic mass is 79.9. The molecule has 0 saturated carbocycles. The molecule has 2 nitrogen and oxygen atoms in total. The van der Waals surface area contributed by atoms with Crippen molar-refractivity contribution < 1.29 is 4.42 Å². The van der Waals surface area contributed by atoms with E-state index in [2.05, 4.69) is 43.2 Å². The molecule has 4 heteroatoms. The first kappa shape index (κ1) is 11.9. The maximum atomic E-state index is 5.50. The lowest BCUT2D eigenvalue weighted by Gasteiger charge is -2.16. The molecule has 16 heavy (non-hydrogen) atoms. The lowest BCUT2D eigenvalue weighted by molar-refractivity contribution is 0.460. The normalized spacial score (nSPS) is 12.7. The highest BCUT2D eigenvalue weighted by molar-refractivity contribution is 9.10. The second kappa shape index (κ2) is 5.17. The zero-order chi connectivity index (χ0) is 11.5. The van der Waals surface area contributed by atoms with Crippen LogP contribution in [0.25, 0.3) is 0 Å². The van der Waals surface area contributed by atoms with Crippen LogP contribution in [0.2, 0.25) is 0 Å². The molecule has 1 unspecified atom stereocenters. The molecular weight excluding hydrogens is 334 g/mol. The van der Waals surface area contributed by atoms with E-state index in [0.717, 1.165) is 20.3 Å². The van der Waals surface area contributed by atoms with Crippen molar-refractivity contribution in [3.8, 4) is 0 Å². The van der Waals surface area contributed by atoms with Crippen LogP contribution in [-0.4, -0.2) is 7.05 Å². The van der Waals surface area contributed by atoms with Gasteiger partial charge in [-0.3, -0.25) is 0 Å². The third-order valence-corrected chi connectivity index (χ3v) is 3.79. The lowest BCUT2D eigenvalue weighted by atomic mass is 10.1. The molecule has 2 aromatic rings. The summed E-state index contributed by atoms with van der Waals surface area (Å²) in [5, 5.41) is 3.25. The summed E-state index contributed by atoms with van der Waals surface area (Å²) >= 11 is 7.03. The Bertz CT molecular complexity index is 481. The molecule has 0 amide bonds. The predicted octanol–water partition coefficient (Wildman–Crippen LogP) is 4.11. The third kappa shape index (κ3) is 2.24. The summed E-state index contributed by atoms with van der Waals surface area (Å²) in [6.45, 7) is 0. The topological polar surface area (TPSA) is 25.2 Å². The Morgan fingerprint density at radius 3 is 2.44 bits per heavy atom. The standard InChI is InChI=1S/C12H11Br2NO/c1-15-11(12-10(14)6-7-16-12)8-4-2-3-5-9(8)13/h2-7,11,15H,1H3. The van der Waals surface area contributed by atoms with E-state index in [1.807, 2.05) is 31.3 Å². The number of hydrogen-bond donors (Lipinski definition) is 1. The summed E-state index contributed by atoms with van der Waals surface area (Å²) in [5.74, 6) is 0.884. The van der Waals surface area contributed by atoms with E-state index < -0.39 is 0 Å². The summed E-state index contributed by atoms with van der Waals surface area (Å²) in [4.78, 5) is 0. The first-order valence-corrected chi connectivity index (χ1v) is 6.47. The fraction of sp³-hybridized carbons (Fsp3) is 0.167. The van der Waals surface area contributed by atoms with Crippen LogP contribution in [0.3, 0.4) is 0 Å². The van der Waals surface area contributed by atoms with Crippen molar-refractivity contribution in [3.05, 3.63) is 56.9 Å². The Morgan fingerprint density at radius 2 is 1.88 bits per heavy atom. The number of furan rings is 1. The molecule has 0 aliphatic heterocycles. The first-order valence-electron chi connectivity index (χ1n) is 4.88. The van der Waals surface area contributed by atoms with Gasteiger partial charge in [0.05, 0.1) is 16.8 Å². The van der Waals surface area contributed by atoms with Gasteiger partial charge in [-0.15, -0.1) is 0 Å². The number of hydrogen-bond acceptors (Lipinski definition) is 2. The van der Waals surface area contributed by atoms with Gasteiger partial charge in [-0.2, -0.15) is 0 Å². The Morgan fingerprint density at radius 1 is 1.12 bits per heavy atom. The summed E-state index contributed by atoms with van der Waals surface area (Å²) in [6.07, 6.45) is 1.68. The van der Waals surface area contributed by atoms with Crippen LogP contribution < -0.4 is 5.32 Å². The van der Waals surface area contributed by atoms with Crippen LogP contribution in [-0.2, 0) is 0 Å². The number of nitrogens with one attached hydrogen (secondary N) is 1. The fourth-order valence-electron chi connectivity index (χ4n) is 1.65. The minimum absolute atomic E-state index is 0.0416. The average Bonchev–Trinajstić information content (AvgIpc) is 2.69. The summed E-state index contributed by atoms with van der Waals surface area (Å²) < 4.78 is 7.54. The Hall–Kier alpha value is -0.580. The monoisotopic (exact) mass is 343 g/mol. The summed E-state index contributed by atoms with van der Waals surface area (Å²) in [7, 11) is 1.92. The van der Waals surface area contributed by atoms with Crippen LogP contribution >= 0.6 is 31.9 Å².